The van der Waals surface area contributed by atoms with E-state index in [-0.39, 0.29) is 21.7 Å². The van der Waals surface area contributed by atoms with Crippen molar-refractivity contribution in [1.29, 1.82) is 0 Å². The van der Waals surface area contributed by atoms with Gasteiger partial charge in [0.05, 0.1) is 18.6 Å². The number of alkyl halides is 1. The number of amides is 1. The van der Waals surface area contributed by atoms with Crippen molar-refractivity contribution in [1.82, 2.24) is 10.2 Å². The van der Waals surface area contributed by atoms with Crippen LogP contribution in [-0.4, -0.2) is 54.1 Å². The van der Waals surface area contributed by atoms with Gasteiger partial charge in [-0.15, -0.1) is 11.6 Å². The van der Waals surface area contributed by atoms with E-state index in [2.05, 4.69) is 24.1 Å². The van der Waals surface area contributed by atoms with Crippen LogP contribution in [0.1, 0.15) is 52.4 Å². The van der Waals surface area contributed by atoms with Gasteiger partial charge < -0.3 is 10.1 Å². The van der Waals surface area contributed by atoms with Gasteiger partial charge >= 0.3 is 0 Å². The third kappa shape index (κ3) is 2.99. The zero-order valence-electron chi connectivity index (χ0n) is 15.1. The van der Waals surface area contributed by atoms with Gasteiger partial charge in [0.2, 0.25) is 5.91 Å². The van der Waals surface area contributed by atoms with Crippen molar-refractivity contribution in [2.75, 3.05) is 32.8 Å². The molecule has 4 bridgehead atoms. The lowest BCUT2D eigenvalue weighted by Gasteiger charge is -2.59. The fourth-order valence-corrected chi connectivity index (χ4v) is 6.87. The fourth-order valence-electron chi connectivity index (χ4n) is 6.18. The van der Waals surface area contributed by atoms with Gasteiger partial charge in [-0.2, -0.15) is 0 Å². The maximum atomic E-state index is 13.2. The molecule has 0 aromatic heterocycles. The van der Waals surface area contributed by atoms with E-state index in [1.807, 2.05) is 0 Å². The van der Waals surface area contributed by atoms with Crippen molar-refractivity contribution in [2.45, 2.75) is 62.8 Å². The molecule has 0 aromatic rings. The number of hydrogen-bond donors (Lipinski definition) is 1. The topological polar surface area (TPSA) is 41.6 Å². The highest BCUT2D eigenvalue weighted by Crippen LogP contribution is 2.63. The lowest BCUT2D eigenvalue weighted by molar-refractivity contribution is -0.145. The van der Waals surface area contributed by atoms with Gasteiger partial charge in [0.15, 0.2) is 0 Å². The molecule has 4 saturated carbocycles. The summed E-state index contributed by atoms with van der Waals surface area (Å²) in [4.78, 5) is 15.5. The Morgan fingerprint density at radius 2 is 1.83 bits per heavy atom. The van der Waals surface area contributed by atoms with Crippen molar-refractivity contribution in [3.05, 3.63) is 0 Å². The smallest absolute Gasteiger partial charge is 0.226 e. The van der Waals surface area contributed by atoms with Gasteiger partial charge in [-0.3, -0.25) is 9.69 Å². The lowest BCUT2D eigenvalue weighted by atomic mass is 9.49. The third-order valence-corrected chi connectivity index (χ3v) is 7.46. The largest absolute Gasteiger partial charge is 0.379 e. The molecular formula is C19H31ClN2O2. The van der Waals surface area contributed by atoms with Crippen molar-refractivity contribution in [2.24, 2.45) is 17.3 Å². The van der Waals surface area contributed by atoms with Crippen LogP contribution in [0.15, 0.2) is 0 Å². The minimum atomic E-state index is -0.188. The average molecular weight is 355 g/mol. The Morgan fingerprint density at radius 3 is 2.42 bits per heavy atom. The summed E-state index contributed by atoms with van der Waals surface area (Å²) in [6, 6.07) is 0. The first kappa shape index (κ1) is 17.1. The SMILES string of the molecule is CC(C)(CNC(=O)C12C[C@@H]3C[C@@H](CC(Cl)(C3)C1)C2)N1CCOCC1. The number of carbonyl (C=O) groups is 1. The molecule has 5 aliphatic rings. The van der Waals surface area contributed by atoms with Crippen LogP contribution in [0.25, 0.3) is 0 Å². The number of rotatable bonds is 4. The summed E-state index contributed by atoms with van der Waals surface area (Å²) < 4.78 is 5.45. The zero-order chi connectivity index (χ0) is 17.0. The minimum Gasteiger partial charge on any atom is -0.379 e. The van der Waals surface area contributed by atoms with E-state index in [9.17, 15) is 4.79 Å². The number of ether oxygens (including phenoxy) is 1. The molecule has 2 unspecified atom stereocenters. The molecule has 0 radical (unpaired) electrons. The molecule has 136 valence electrons. The molecule has 1 aliphatic heterocycles. The molecule has 1 heterocycles. The molecule has 5 heteroatoms. The highest BCUT2D eigenvalue weighted by Gasteiger charge is 2.60. The normalized spacial score (nSPS) is 42.3. The predicted octanol–water partition coefficient (Wildman–Crippen LogP) is 2.79. The first-order valence-electron chi connectivity index (χ1n) is 9.60. The Hall–Kier alpha value is -0.320. The lowest BCUT2D eigenvalue weighted by Crippen LogP contribution is -2.61. The first-order valence-corrected chi connectivity index (χ1v) is 9.98. The third-order valence-electron chi connectivity index (χ3n) is 7.02. The summed E-state index contributed by atoms with van der Waals surface area (Å²) in [6.45, 7) is 8.63. The van der Waals surface area contributed by atoms with Gasteiger partial charge in [0, 0.05) is 30.0 Å². The van der Waals surface area contributed by atoms with E-state index in [1.54, 1.807) is 0 Å². The van der Waals surface area contributed by atoms with E-state index < -0.39 is 0 Å². The van der Waals surface area contributed by atoms with Crippen molar-refractivity contribution in [3.8, 4) is 0 Å². The molecule has 0 aromatic carbocycles. The Bertz CT molecular complexity index is 501. The molecule has 0 spiro atoms. The molecule has 1 amide bonds. The average Bonchev–Trinajstić information content (AvgIpc) is 2.51. The summed E-state index contributed by atoms with van der Waals surface area (Å²) in [6.07, 6.45) is 6.55. The number of nitrogens with one attached hydrogen (secondary N) is 1. The second-order valence-electron chi connectivity index (χ2n) is 9.49. The van der Waals surface area contributed by atoms with Gasteiger partial charge in [-0.25, -0.2) is 0 Å². The quantitative estimate of drug-likeness (QED) is 0.789. The molecular weight excluding hydrogens is 324 g/mol. The van der Waals surface area contributed by atoms with Gasteiger partial charge in [-0.1, -0.05) is 0 Å². The van der Waals surface area contributed by atoms with Gasteiger partial charge in [0.25, 0.3) is 0 Å². The van der Waals surface area contributed by atoms with Gasteiger partial charge in [-0.05, 0) is 64.2 Å². The molecule has 5 rings (SSSR count). The van der Waals surface area contributed by atoms with Crippen LogP contribution in [0.3, 0.4) is 0 Å². The van der Waals surface area contributed by atoms with E-state index in [0.717, 1.165) is 58.4 Å². The Kier molecular flexibility index (Phi) is 4.17. The highest BCUT2D eigenvalue weighted by atomic mass is 35.5. The summed E-state index contributed by atoms with van der Waals surface area (Å²) in [5.74, 6) is 1.60. The van der Waals surface area contributed by atoms with E-state index >= 15 is 0 Å². The van der Waals surface area contributed by atoms with E-state index in [1.165, 1.54) is 6.42 Å². The number of morpholine rings is 1. The zero-order valence-corrected chi connectivity index (χ0v) is 15.8. The van der Waals surface area contributed by atoms with Crippen LogP contribution in [0, 0.1) is 17.3 Å². The number of hydrogen-bond acceptors (Lipinski definition) is 3. The predicted molar refractivity (Wildman–Crippen MR) is 95.2 cm³/mol. The second-order valence-corrected chi connectivity index (χ2v) is 10.3. The van der Waals surface area contributed by atoms with Crippen LogP contribution < -0.4 is 5.32 Å². The number of halogens is 1. The van der Waals surface area contributed by atoms with E-state index in [4.69, 9.17) is 16.3 Å². The summed E-state index contributed by atoms with van der Waals surface area (Å²) in [5, 5.41) is 3.31. The Labute approximate surface area is 150 Å². The maximum absolute atomic E-state index is 13.2. The minimum absolute atomic E-state index is 0.0274. The Morgan fingerprint density at radius 1 is 1.21 bits per heavy atom. The molecule has 4 aliphatic carbocycles. The first-order chi connectivity index (χ1) is 11.3. The molecule has 4 atom stereocenters. The number of nitrogens with zero attached hydrogens (tertiary/aromatic N) is 1. The molecule has 1 N–H and O–H groups in total. The second kappa shape index (κ2) is 5.85. The molecule has 5 fully saturated rings. The molecule has 1 saturated heterocycles. The van der Waals surface area contributed by atoms with Gasteiger partial charge in [0.1, 0.15) is 0 Å². The molecule has 24 heavy (non-hydrogen) atoms. The number of carbonyl (C=O) groups excluding carboxylic acids is 1. The summed E-state index contributed by atoms with van der Waals surface area (Å²) in [5.41, 5.74) is -0.215. The molecule has 4 nitrogen and oxygen atoms in total. The van der Waals surface area contributed by atoms with Crippen molar-refractivity contribution >= 4 is 17.5 Å². The maximum Gasteiger partial charge on any atom is 0.226 e. The van der Waals surface area contributed by atoms with Crippen LogP contribution >= 0.6 is 11.6 Å². The fraction of sp³-hybridized carbons (Fsp3) is 0.947. The Balaban J connectivity index is 1.41. The van der Waals surface area contributed by atoms with Crippen LogP contribution in [0.4, 0.5) is 0 Å². The monoisotopic (exact) mass is 354 g/mol. The van der Waals surface area contributed by atoms with E-state index in [0.29, 0.717) is 18.4 Å². The summed E-state index contributed by atoms with van der Waals surface area (Å²) >= 11 is 6.87. The standard InChI is InChI=1S/C19H31ClN2O2/c1-17(2,22-3-5-24-6-4-22)13-21-16(23)18-8-14-7-15(9-18)11-19(20,10-14)12-18/h14-15H,3-13H2,1-2H3,(H,21,23)/t14-,15+,18?,19?. The van der Waals surface area contributed by atoms with Crippen LogP contribution in [-0.2, 0) is 9.53 Å². The van der Waals surface area contributed by atoms with Crippen LogP contribution in [0.5, 0.6) is 0 Å². The van der Waals surface area contributed by atoms with Crippen molar-refractivity contribution in [3.63, 3.8) is 0 Å². The summed E-state index contributed by atoms with van der Waals surface area (Å²) in [7, 11) is 0. The van der Waals surface area contributed by atoms with Crippen molar-refractivity contribution < 1.29 is 9.53 Å². The highest BCUT2D eigenvalue weighted by molar-refractivity contribution is 6.24. The van der Waals surface area contributed by atoms with Crippen LogP contribution in [0.2, 0.25) is 0 Å².